The van der Waals surface area contributed by atoms with E-state index in [4.69, 9.17) is 4.74 Å². The number of nitrogens with one attached hydrogen (secondary N) is 1. The molecule has 4 heteroatoms. The summed E-state index contributed by atoms with van der Waals surface area (Å²) in [7, 11) is 1.81. The maximum Gasteiger partial charge on any atom is 0.130 e. The summed E-state index contributed by atoms with van der Waals surface area (Å²) < 4.78 is 31.9. The lowest BCUT2D eigenvalue weighted by atomic mass is 9.87. The molecule has 1 N–H and O–H groups in total. The van der Waals surface area contributed by atoms with E-state index in [9.17, 15) is 8.78 Å². The Morgan fingerprint density at radius 2 is 2.00 bits per heavy atom. The molecule has 0 spiro atoms. The normalized spacial score (nSPS) is 19.2. The van der Waals surface area contributed by atoms with Crippen molar-refractivity contribution in [1.82, 2.24) is 5.32 Å². The number of rotatable bonds is 3. The molecule has 2 nitrogen and oxygen atoms in total. The summed E-state index contributed by atoms with van der Waals surface area (Å²) in [6, 6.07) is 3.71. The highest BCUT2D eigenvalue weighted by Gasteiger charge is 2.26. The van der Waals surface area contributed by atoms with Gasteiger partial charge in [-0.25, -0.2) is 8.78 Å². The number of halogens is 2. The van der Waals surface area contributed by atoms with Gasteiger partial charge in [-0.3, -0.25) is 0 Å². The second-order valence-corrected chi connectivity index (χ2v) is 4.38. The average molecular weight is 241 g/mol. The van der Waals surface area contributed by atoms with Crippen molar-refractivity contribution < 1.29 is 13.5 Å². The highest BCUT2D eigenvalue weighted by atomic mass is 19.1. The van der Waals surface area contributed by atoms with Crippen molar-refractivity contribution in [1.29, 1.82) is 0 Å². The minimum absolute atomic E-state index is 0.0699. The van der Waals surface area contributed by atoms with Crippen LogP contribution in [0.4, 0.5) is 8.78 Å². The van der Waals surface area contributed by atoms with Crippen LogP contribution < -0.4 is 5.32 Å². The first-order chi connectivity index (χ1) is 8.22. The number of hydrogen-bond acceptors (Lipinski definition) is 2. The van der Waals surface area contributed by atoms with Crippen LogP contribution in [0.25, 0.3) is 0 Å². The molecule has 0 radical (unpaired) electrons. The molecule has 17 heavy (non-hydrogen) atoms. The molecule has 1 aliphatic rings. The van der Waals surface area contributed by atoms with Crippen molar-refractivity contribution in [2.45, 2.75) is 18.9 Å². The van der Waals surface area contributed by atoms with E-state index >= 15 is 0 Å². The van der Waals surface area contributed by atoms with E-state index in [0.29, 0.717) is 24.7 Å². The maximum absolute atomic E-state index is 13.7. The molecule has 1 unspecified atom stereocenters. The van der Waals surface area contributed by atoms with Gasteiger partial charge in [-0.1, -0.05) is 6.07 Å². The molecule has 1 aromatic rings. The van der Waals surface area contributed by atoms with Gasteiger partial charge < -0.3 is 10.1 Å². The van der Waals surface area contributed by atoms with Crippen molar-refractivity contribution in [3.8, 4) is 0 Å². The van der Waals surface area contributed by atoms with Gasteiger partial charge in [0.2, 0.25) is 0 Å². The topological polar surface area (TPSA) is 21.3 Å². The Bertz CT molecular complexity index is 378. The smallest absolute Gasteiger partial charge is 0.130 e. The third-order valence-electron chi connectivity index (χ3n) is 3.35. The van der Waals surface area contributed by atoms with Gasteiger partial charge in [0, 0.05) is 30.9 Å². The summed E-state index contributed by atoms with van der Waals surface area (Å²) >= 11 is 0. The monoisotopic (exact) mass is 241 g/mol. The van der Waals surface area contributed by atoms with Crippen molar-refractivity contribution in [3.05, 3.63) is 35.4 Å². The zero-order valence-corrected chi connectivity index (χ0v) is 9.88. The molecule has 0 saturated carbocycles. The third-order valence-corrected chi connectivity index (χ3v) is 3.35. The Kier molecular flexibility index (Phi) is 4.07. The van der Waals surface area contributed by atoms with Crippen molar-refractivity contribution in [2.24, 2.45) is 5.92 Å². The molecule has 1 saturated heterocycles. The minimum Gasteiger partial charge on any atom is -0.381 e. The highest BCUT2D eigenvalue weighted by molar-refractivity contribution is 5.23. The average Bonchev–Trinajstić information content (AvgIpc) is 2.34. The van der Waals surface area contributed by atoms with Crippen molar-refractivity contribution >= 4 is 0 Å². The second kappa shape index (κ2) is 5.56. The van der Waals surface area contributed by atoms with E-state index in [0.717, 1.165) is 18.9 Å². The van der Waals surface area contributed by atoms with Crippen molar-refractivity contribution in [2.75, 3.05) is 20.3 Å². The summed E-state index contributed by atoms with van der Waals surface area (Å²) in [5.41, 5.74) is 0.542. The molecule has 0 amide bonds. The SMILES string of the molecule is CNC(c1ccc(F)cc1F)C1CCOCC1. The van der Waals surface area contributed by atoms with Gasteiger partial charge in [0.15, 0.2) is 0 Å². The molecular weight excluding hydrogens is 224 g/mol. The van der Waals surface area contributed by atoms with Crippen molar-refractivity contribution in [3.63, 3.8) is 0 Å². The second-order valence-electron chi connectivity index (χ2n) is 4.38. The Labute approximate surface area is 100.0 Å². The van der Waals surface area contributed by atoms with Crippen LogP contribution in [0.2, 0.25) is 0 Å². The molecule has 0 bridgehead atoms. The van der Waals surface area contributed by atoms with Crippen LogP contribution in [0.3, 0.4) is 0 Å². The molecular formula is C13H17F2NO. The fraction of sp³-hybridized carbons (Fsp3) is 0.538. The highest BCUT2D eigenvalue weighted by Crippen LogP contribution is 2.31. The molecule has 1 aromatic carbocycles. The minimum atomic E-state index is -0.534. The van der Waals surface area contributed by atoms with Crippen LogP contribution in [-0.4, -0.2) is 20.3 Å². The first-order valence-corrected chi connectivity index (χ1v) is 5.92. The molecule has 0 aromatic heterocycles. The van der Waals surface area contributed by atoms with Gasteiger partial charge in [-0.15, -0.1) is 0 Å². The van der Waals surface area contributed by atoms with E-state index in [1.165, 1.54) is 12.1 Å². The van der Waals surface area contributed by atoms with Crippen LogP contribution in [0.15, 0.2) is 18.2 Å². The van der Waals surface area contributed by atoms with Crippen LogP contribution in [0, 0.1) is 17.6 Å². The Morgan fingerprint density at radius 3 is 2.59 bits per heavy atom. The van der Waals surface area contributed by atoms with E-state index in [1.54, 1.807) is 0 Å². The Hall–Kier alpha value is -1.00. The molecule has 2 rings (SSSR count). The fourth-order valence-electron chi connectivity index (χ4n) is 2.45. The predicted octanol–water partition coefficient (Wildman–Crippen LogP) is 2.65. The zero-order valence-electron chi connectivity index (χ0n) is 9.88. The summed E-state index contributed by atoms with van der Waals surface area (Å²) in [6.45, 7) is 1.43. The first kappa shape index (κ1) is 12.5. The van der Waals surface area contributed by atoms with Gasteiger partial charge in [-0.2, -0.15) is 0 Å². The van der Waals surface area contributed by atoms with Crippen LogP contribution in [0.5, 0.6) is 0 Å². The largest absolute Gasteiger partial charge is 0.381 e. The fourth-order valence-corrected chi connectivity index (χ4v) is 2.45. The predicted molar refractivity (Wildman–Crippen MR) is 61.7 cm³/mol. The van der Waals surface area contributed by atoms with Crippen LogP contribution in [0.1, 0.15) is 24.4 Å². The first-order valence-electron chi connectivity index (χ1n) is 5.92. The molecule has 0 aliphatic carbocycles. The van der Waals surface area contributed by atoms with E-state index in [1.807, 2.05) is 7.05 Å². The summed E-state index contributed by atoms with van der Waals surface area (Å²) in [5, 5.41) is 3.13. The Balaban J connectivity index is 2.21. The quantitative estimate of drug-likeness (QED) is 0.878. The molecule has 94 valence electrons. The van der Waals surface area contributed by atoms with Gasteiger partial charge in [-0.05, 0) is 31.9 Å². The number of hydrogen-bond donors (Lipinski definition) is 1. The lowest BCUT2D eigenvalue weighted by Crippen LogP contribution is -2.30. The maximum atomic E-state index is 13.7. The van der Waals surface area contributed by atoms with E-state index in [2.05, 4.69) is 5.32 Å². The summed E-state index contributed by atoms with van der Waals surface area (Å²) in [4.78, 5) is 0. The van der Waals surface area contributed by atoms with Gasteiger partial charge in [0.1, 0.15) is 11.6 Å². The molecule has 1 aliphatic heterocycles. The van der Waals surface area contributed by atoms with E-state index in [-0.39, 0.29) is 6.04 Å². The van der Waals surface area contributed by atoms with Gasteiger partial charge >= 0.3 is 0 Å². The summed E-state index contributed by atoms with van der Waals surface area (Å²) in [6.07, 6.45) is 1.81. The molecule has 1 heterocycles. The lowest BCUT2D eigenvalue weighted by molar-refractivity contribution is 0.0541. The molecule has 1 fully saturated rings. The number of ether oxygens (including phenoxy) is 1. The Morgan fingerprint density at radius 1 is 1.29 bits per heavy atom. The van der Waals surface area contributed by atoms with Gasteiger partial charge in [0.05, 0.1) is 0 Å². The van der Waals surface area contributed by atoms with Crippen LogP contribution >= 0.6 is 0 Å². The van der Waals surface area contributed by atoms with E-state index < -0.39 is 11.6 Å². The molecule has 1 atom stereocenters. The van der Waals surface area contributed by atoms with Gasteiger partial charge in [0.25, 0.3) is 0 Å². The standard InChI is InChI=1S/C13H17F2NO/c1-16-13(9-4-6-17-7-5-9)11-3-2-10(14)8-12(11)15/h2-3,8-9,13,16H,4-7H2,1H3. The lowest BCUT2D eigenvalue weighted by Gasteiger charge is -2.30. The number of benzene rings is 1. The zero-order chi connectivity index (χ0) is 12.3. The summed E-state index contributed by atoms with van der Waals surface area (Å²) in [5.74, 6) is -0.669. The third kappa shape index (κ3) is 2.82. The van der Waals surface area contributed by atoms with Crippen LogP contribution in [-0.2, 0) is 4.74 Å².